The molecule has 0 aliphatic heterocycles. The predicted octanol–water partition coefficient (Wildman–Crippen LogP) is 5.75. The van der Waals surface area contributed by atoms with E-state index in [0.717, 1.165) is 9.13 Å². The maximum absolute atomic E-state index is 12.6. The first-order valence-electron chi connectivity index (χ1n) is 8.27. The first kappa shape index (κ1) is 20.1. The molecule has 2 aromatic carbocycles. The van der Waals surface area contributed by atoms with Gasteiger partial charge in [0.1, 0.15) is 5.75 Å². The molecule has 0 amide bonds. The molecular weight excluding hydrogens is 443 g/mol. The summed E-state index contributed by atoms with van der Waals surface area (Å²) in [7, 11) is -1.79. The van der Waals surface area contributed by atoms with Crippen molar-refractivity contribution >= 4 is 36.7 Å². The van der Waals surface area contributed by atoms with E-state index in [1.807, 2.05) is 12.1 Å². The number of ketones is 1. The van der Waals surface area contributed by atoms with Crippen LogP contribution in [0.2, 0.25) is 18.1 Å². The highest BCUT2D eigenvalue weighted by molar-refractivity contribution is 14.1. The first-order valence-corrected chi connectivity index (χ1v) is 12.3. The van der Waals surface area contributed by atoms with Crippen LogP contribution in [0.4, 0.5) is 0 Å². The minimum absolute atomic E-state index is 0.00996. The van der Waals surface area contributed by atoms with E-state index >= 15 is 0 Å². The van der Waals surface area contributed by atoms with Gasteiger partial charge >= 0.3 is 0 Å². The van der Waals surface area contributed by atoms with Gasteiger partial charge in [0.05, 0.1) is 12.2 Å². The Hall–Kier alpha value is -1.18. The molecule has 0 saturated heterocycles. The van der Waals surface area contributed by atoms with Crippen molar-refractivity contribution in [2.75, 3.05) is 0 Å². The van der Waals surface area contributed by atoms with Gasteiger partial charge in [-0.25, -0.2) is 0 Å². The SMILES string of the molecule is CC(C)(C)[Si](C)(C)OCc1ccc(C(=O)c2cc(I)ccc2O)cc1. The maximum Gasteiger partial charge on any atom is 0.196 e. The van der Waals surface area contributed by atoms with Crippen LogP contribution in [-0.4, -0.2) is 19.2 Å². The second kappa shape index (κ2) is 7.59. The molecule has 0 aliphatic carbocycles. The van der Waals surface area contributed by atoms with Crippen LogP contribution in [-0.2, 0) is 11.0 Å². The van der Waals surface area contributed by atoms with E-state index in [9.17, 15) is 9.90 Å². The highest BCUT2D eigenvalue weighted by atomic mass is 127. The minimum Gasteiger partial charge on any atom is -0.507 e. The third-order valence-electron chi connectivity index (χ3n) is 4.83. The predicted molar refractivity (Wildman–Crippen MR) is 113 cm³/mol. The van der Waals surface area contributed by atoms with Crippen LogP contribution in [0, 0.1) is 3.57 Å². The third-order valence-corrected chi connectivity index (χ3v) is 9.97. The second-order valence-corrected chi connectivity index (χ2v) is 13.8. The number of halogens is 1. The number of aromatic hydroxyl groups is 1. The molecule has 3 nitrogen and oxygen atoms in total. The summed E-state index contributed by atoms with van der Waals surface area (Å²) in [5.41, 5.74) is 1.94. The number of carbonyl (C=O) groups is 1. The average Bonchev–Trinajstić information content (AvgIpc) is 2.54. The van der Waals surface area contributed by atoms with Crippen molar-refractivity contribution in [3.63, 3.8) is 0 Å². The largest absolute Gasteiger partial charge is 0.507 e. The molecule has 25 heavy (non-hydrogen) atoms. The number of rotatable bonds is 5. The van der Waals surface area contributed by atoms with Crippen molar-refractivity contribution in [2.45, 2.75) is 45.5 Å². The van der Waals surface area contributed by atoms with Gasteiger partial charge in [0.15, 0.2) is 14.1 Å². The van der Waals surface area contributed by atoms with Gasteiger partial charge in [0.2, 0.25) is 0 Å². The summed E-state index contributed by atoms with van der Waals surface area (Å²) in [4.78, 5) is 12.6. The normalized spacial score (nSPS) is 12.2. The van der Waals surface area contributed by atoms with Crippen molar-refractivity contribution < 1.29 is 14.3 Å². The lowest BCUT2D eigenvalue weighted by Gasteiger charge is -2.36. The quantitative estimate of drug-likeness (QED) is 0.345. The van der Waals surface area contributed by atoms with Crippen LogP contribution in [0.1, 0.15) is 42.3 Å². The van der Waals surface area contributed by atoms with Crippen LogP contribution in [0.5, 0.6) is 5.75 Å². The fourth-order valence-electron chi connectivity index (χ4n) is 2.08. The number of phenols is 1. The molecule has 0 saturated carbocycles. The fraction of sp³-hybridized carbons (Fsp3) is 0.350. The molecule has 0 heterocycles. The molecule has 0 aromatic heterocycles. The molecule has 0 fully saturated rings. The molecule has 5 heteroatoms. The van der Waals surface area contributed by atoms with Crippen molar-refractivity contribution in [2.24, 2.45) is 0 Å². The molecule has 2 aromatic rings. The molecule has 0 atom stereocenters. The van der Waals surface area contributed by atoms with Gasteiger partial charge in [-0.05, 0) is 64.5 Å². The summed E-state index contributed by atoms with van der Waals surface area (Å²) in [6.07, 6.45) is 0. The molecule has 0 radical (unpaired) electrons. The average molecular weight is 468 g/mol. The van der Waals surface area contributed by atoms with Gasteiger partial charge in [-0.15, -0.1) is 0 Å². The Morgan fingerprint density at radius 1 is 1.12 bits per heavy atom. The summed E-state index contributed by atoms with van der Waals surface area (Å²) in [5, 5.41) is 10.1. The fourth-order valence-corrected chi connectivity index (χ4v) is 3.53. The molecular formula is C20H25IO3Si. The lowest BCUT2D eigenvalue weighted by atomic mass is 10.0. The first-order chi connectivity index (χ1) is 11.5. The summed E-state index contributed by atoms with van der Waals surface area (Å²) in [6.45, 7) is 11.7. The van der Waals surface area contributed by atoms with Crippen molar-refractivity contribution in [1.82, 2.24) is 0 Å². The van der Waals surface area contributed by atoms with Gasteiger partial charge < -0.3 is 9.53 Å². The van der Waals surface area contributed by atoms with Gasteiger partial charge in [-0.2, -0.15) is 0 Å². The Labute approximate surface area is 164 Å². The Morgan fingerprint density at radius 3 is 2.28 bits per heavy atom. The lowest BCUT2D eigenvalue weighted by molar-refractivity contribution is 0.103. The summed E-state index contributed by atoms with van der Waals surface area (Å²) in [6, 6.07) is 12.5. The summed E-state index contributed by atoms with van der Waals surface area (Å²) < 4.78 is 7.13. The topological polar surface area (TPSA) is 46.5 Å². The Kier molecular flexibility index (Phi) is 6.12. The number of hydrogen-bond donors (Lipinski definition) is 1. The number of carbonyl (C=O) groups excluding carboxylic acids is 1. The van der Waals surface area contributed by atoms with Crippen molar-refractivity contribution in [3.8, 4) is 5.75 Å². The third kappa shape index (κ3) is 4.92. The zero-order chi connectivity index (χ0) is 18.8. The molecule has 0 spiro atoms. The van der Waals surface area contributed by atoms with E-state index in [4.69, 9.17) is 4.43 Å². The number of hydrogen-bond acceptors (Lipinski definition) is 3. The van der Waals surface area contributed by atoms with E-state index in [-0.39, 0.29) is 16.6 Å². The van der Waals surface area contributed by atoms with Crippen molar-refractivity contribution in [1.29, 1.82) is 0 Å². The van der Waals surface area contributed by atoms with E-state index < -0.39 is 8.32 Å². The van der Waals surface area contributed by atoms with Gasteiger partial charge in [0, 0.05) is 9.13 Å². The highest BCUT2D eigenvalue weighted by Crippen LogP contribution is 2.37. The molecule has 0 bridgehead atoms. The number of phenolic OH excluding ortho intramolecular Hbond substituents is 1. The molecule has 2 rings (SSSR count). The van der Waals surface area contributed by atoms with Crippen LogP contribution >= 0.6 is 22.6 Å². The molecule has 134 valence electrons. The van der Waals surface area contributed by atoms with E-state index in [0.29, 0.717) is 17.7 Å². The zero-order valence-corrected chi connectivity index (χ0v) is 18.5. The summed E-state index contributed by atoms with van der Waals surface area (Å²) in [5.74, 6) is -0.163. The van der Waals surface area contributed by atoms with Gasteiger partial charge in [0.25, 0.3) is 0 Å². The standard InChI is InChI=1S/C20H25IO3Si/c1-20(2,3)25(4,5)24-13-14-6-8-15(9-7-14)19(23)17-12-16(21)10-11-18(17)22/h6-12,22H,13H2,1-5H3. The molecule has 0 unspecified atom stereocenters. The Bertz CT molecular complexity index is 762. The Morgan fingerprint density at radius 2 is 1.72 bits per heavy atom. The van der Waals surface area contributed by atoms with E-state index in [1.54, 1.807) is 30.3 Å². The number of benzene rings is 2. The van der Waals surface area contributed by atoms with Crippen LogP contribution < -0.4 is 0 Å². The second-order valence-electron chi connectivity index (χ2n) is 7.74. The van der Waals surface area contributed by atoms with Gasteiger partial charge in [-0.3, -0.25) is 4.79 Å². The lowest BCUT2D eigenvalue weighted by Crippen LogP contribution is -2.40. The highest BCUT2D eigenvalue weighted by Gasteiger charge is 2.36. The zero-order valence-electron chi connectivity index (χ0n) is 15.4. The minimum atomic E-state index is -1.79. The van der Waals surface area contributed by atoms with Crippen molar-refractivity contribution in [3.05, 3.63) is 62.7 Å². The summed E-state index contributed by atoms with van der Waals surface area (Å²) >= 11 is 2.13. The van der Waals surface area contributed by atoms with E-state index in [2.05, 4.69) is 56.5 Å². The van der Waals surface area contributed by atoms with Crippen LogP contribution in [0.25, 0.3) is 0 Å². The van der Waals surface area contributed by atoms with E-state index in [1.165, 1.54) is 0 Å². The molecule has 0 aliphatic rings. The Balaban J connectivity index is 2.12. The smallest absolute Gasteiger partial charge is 0.196 e. The van der Waals surface area contributed by atoms with Crippen LogP contribution in [0.15, 0.2) is 42.5 Å². The molecule has 1 N–H and O–H groups in total. The van der Waals surface area contributed by atoms with Crippen LogP contribution in [0.3, 0.4) is 0 Å². The monoisotopic (exact) mass is 468 g/mol. The maximum atomic E-state index is 12.6. The van der Waals surface area contributed by atoms with Gasteiger partial charge in [-0.1, -0.05) is 45.0 Å².